The maximum Gasteiger partial charge on any atom is 0.0547 e. The van der Waals surface area contributed by atoms with E-state index in [1.165, 1.54) is 11.3 Å². The van der Waals surface area contributed by atoms with Gasteiger partial charge in [0, 0.05) is 0 Å². The van der Waals surface area contributed by atoms with Gasteiger partial charge < -0.3 is 0 Å². The van der Waals surface area contributed by atoms with E-state index in [9.17, 15) is 0 Å². The Hall–Kier alpha value is -0.240. The highest BCUT2D eigenvalue weighted by Gasteiger charge is 2.36. The van der Waals surface area contributed by atoms with Crippen LogP contribution in [0.3, 0.4) is 0 Å². The van der Waals surface area contributed by atoms with Crippen molar-refractivity contribution in [3.63, 3.8) is 0 Å². The van der Waals surface area contributed by atoms with Gasteiger partial charge in [0.05, 0.1) is 10.5 Å². The molecule has 0 radical (unpaired) electrons. The molecule has 2 heteroatoms. The van der Waals surface area contributed by atoms with Crippen molar-refractivity contribution in [3.8, 4) is 0 Å². The molecule has 0 aromatic rings. The molecule has 0 aromatic carbocycles. The molecule has 0 unspecified atom stereocenters. The summed E-state index contributed by atoms with van der Waals surface area (Å²) in [6, 6.07) is 0. The van der Waals surface area contributed by atoms with Crippen LogP contribution in [0.4, 0.5) is 0 Å². The summed E-state index contributed by atoms with van der Waals surface area (Å²) in [6.45, 7) is 18.3. The first kappa shape index (κ1) is 14.8. The van der Waals surface area contributed by atoms with E-state index in [-0.39, 0.29) is 4.75 Å². The SMILES string of the molecule is CC(C)C1=NSC(C)(C)C(C(C)C)=C1C(C)C. The monoisotopic (exact) mass is 253 g/mol. The molecule has 17 heavy (non-hydrogen) atoms. The molecule has 1 nitrogen and oxygen atoms in total. The molecule has 0 N–H and O–H groups in total. The van der Waals surface area contributed by atoms with Gasteiger partial charge in [-0.05, 0) is 54.7 Å². The molecule has 0 bridgehead atoms. The van der Waals surface area contributed by atoms with Crippen molar-refractivity contribution < 1.29 is 0 Å². The Balaban J connectivity index is 3.40. The largest absolute Gasteiger partial charge is 0.220 e. The predicted molar refractivity (Wildman–Crippen MR) is 80.6 cm³/mol. The lowest BCUT2D eigenvalue weighted by Crippen LogP contribution is -2.32. The van der Waals surface area contributed by atoms with E-state index in [0.717, 1.165) is 0 Å². The third kappa shape index (κ3) is 2.96. The summed E-state index contributed by atoms with van der Waals surface area (Å²) in [6.07, 6.45) is 0. The fourth-order valence-corrected chi connectivity index (χ4v) is 3.83. The van der Waals surface area contributed by atoms with E-state index in [4.69, 9.17) is 4.40 Å². The fourth-order valence-electron chi connectivity index (χ4n) is 2.75. The van der Waals surface area contributed by atoms with Crippen LogP contribution in [-0.2, 0) is 0 Å². The molecule has 0 saturated carbocycles. The van der Waals surface area contributed by atoms with Crippen LogP contribution >= 0.6 is 11.9 Å². The smallest absolute Gasteiger partial charge is 0.0547 e. The lowest BCUT2D eigenvalue weighted by atomic mass is 9.79. The first-order valence-corrected chi connectivity index (χ1v) is 7.46. The molecule has 98 valence electrons. The Bertz CT molecular complexity index is 346. The average Bonchev–Trinajstić information content (AvgIpc) is 2.14. The van der Waals surface area contributed by atoms with Gasteiger partial charge in [-0.1, -0.05) is 41.5 Å². The fraction of sp³-hybridized carbons (Fsp3) is 0.800. The number of hydrogen-bond acceptors (Lipinski definition) is 2. The molecule has 1 rings (SSSR count). The first-order chi connectivity index (χ1) is 7.68. The van der Waals surface area contributed by atoms with E-state index >= 15 is 0 Å². The second kappa shape index (κ2) is 5.17. The van der Waals surface area contributed by atoms with E-state index in [0.29, 0.717) is 17.8 Å². The minimum absolute atomic E-state index is 0.145. The molecule has 0 spiro atoms. The van der Waals surface area contributed by atoms with Gasteiger partial charge in [-0.2, -0.15) is 0 Å². The van der Waals surface area contributed by atoms with Crippen LogP contribution in [0.1, 0.15) is 55.4 Å². The molecule has 0 aliphatic carbocycles. The summed E-state index contributed by atoms with van der Waals surface area (Å²) in [5.41, 5.74) is 4.42. The Labute approximate surface area is 111 Å². The summed E-state index contributed by atoms with van der Waals surface area (Å²) in [4.78, 5) is 0. The zero-order valence-electron chi connectivity index (χ0n) is 12.6. The summed E-state index contributed by atoms with van der Waals surface area (Å²) < 4.78 is 4.94. The van der Waals surface area contributed by atoms with Crippen LogP contribution < -0.4 is 0 Å². The zero-order valence-corrected chi connectivity index (χ0v) is 13.4. The minimum atomic E-state index is 0.145. The number of allylic oxidation sites excluding steroid dienone is 1. The van der Waals surface area contributed by atoms with Crippen molar-refractivity contribution in [2.45, 2.75) is 60.1 Å². The normalized spacial score (nSPS) is 20.5. The summed E-state index contributed by atoms with van der Waals surface area (Å²) in [7, 11) is 0. The molecule has 0 aromatic heterocycles. The van der Waals surface area contributed by atoms with Crippen molar-refractivity contribution in [2.75, 3.05) is 0 Å². The van der Waals surface area contributed by atoms with Gasteiger partial charge in [0.25, 0.3) is 0 Å². The van der Waals surface area contributed by atoms with Gasteiger partial charge in [0.15, 0.2) is 0 Å². The Kier molecular flexibility index (Phi) is 4.51. The van der Waals surface area contributed by atoms with Gasteiger partial charge in [0.1, 0.15) is 0 Å². The lowest BCUT2D eigenvalue weighted by Gasteiger charge is -2.37. The van der Waals surface area contributed by atoms with Gasteiger partial charge in [-0.15, -0.1) is 0 Å². The third-order valence-electron chi connectivity index (χ3n) is 3.29. The zero-order chi connectivity index (χ0) is 13.4. The number of nitrogens with zero attached hydrogens (tertiary/aromatic N) is 1. The highest BCUT2D eigenvalue weighted by Crippen LogP contribution is 2.45. The maximum atomic E-state index is 4.79. The van der Waals surface area contributed by atoms with Crippen LogP contribution in [0.5, 0.6) is 0 Å². The van der Waals surface area contributed by atoms with Gasteiger partial charge in [0.2, 0.25) is 0 Å². The molecule has 1 aliphatic heterocycles. The predicted octanol–water partition coefficient (Wildman–Crippen LogP) is 5.13. The van der Waals surface area contributed by atoms with E-state index in [1.807, 2.05) is 0 Å². The quantitative estimate of drug-likeness (QED) is 0.635. The number of hydrogen-bond donors (Lipinski definition) is 0. The summed E-state index contributed by atoms with van der Waals surface area (Å²) in [5.74, 6) is 1.68. The van der Waals surface area contributed by atoms with Gasteiger partial charge >= 0.3 is 0 Å². The second-order valence-corrected chi connectivity index (χ2v) is 7.76. The van der Waals surface area contributed by atoms with Gasteiger partial charge in [-0.25, -0.2) is 4.40 Å². The Morgan fingerprint density at radius 3 is 1.76 bits per heavy atom. The van der Waals surface area contributed by atoms with Crippen LogP contribution in [-0.4, -0.2) is 10.5 Å². The average molecular weight is 253 g/mol. The second-order valence-electron chi connectivity index (χ2n) is 6.37. The topological polar surface area (TPSA) is 12.4 Å². The number of rotatable bonds is 3. The van der Waals surface area contributed by atoms with Crippen LogP contribution in [0.15, 0.2) is 15.5 Å². The van der Waals surface area contributed by atoms with Crippen LogP contribution in [0.25, 0.3) is 0 Å². The third-order valence-corrected chi connectivity index (χ3v) is 4.25. The summed E-state index contributed by atoms with van der Waals surface area (Å²) in [5, 5.41) is 0. The van der Waals surface area contributed by atoms with E-state index in [1.54, 1.807) is 17.5 Å². The van der Waals surface area contributed by atoms with E-state index in [2.05, 4.69) is 55.4 Å². The minimum Gasteiger partial charge on any atom is -0.220 e. The highest BCUT2D eigenvalue weighted by molar-refractivity contribution is 7.99. The molecular formula is C15H27NS. The van der Waals surface area contributed by atoms with Crippen molar-refractivity contribution in [1.82, 2.24) is 0 Å². The molecular weight excluding hydrogens is 226 g/mol. The van der Waals surface area contributed by atoms with Gasteiger partial charge in [-0.3, -0.25) is 0 Å². The molecule has 0 amide bonds. The first-order valence-electron chi connectivity index (χ1n) is 6.69. The van der Waals surface area contributed by atoms with Crippen molar-refractivity contribution in [1.29, 1.82) is 0 Å². The molecule has 0 saturated heterocycles. The highest BCUT2D eigenvalue weighted by atomic mass is 32.2. The van der Waals surface area contributed by atoms with Crippen LogP contribution in [0.2, 0.25) is 0 Å². The maximum absolute atomic E-state index is 4.79. The molecule has 0 fully saturated rings. The molecule has 1 heterocycles. The Morgan fingerprint density at radius 1 is 0.882 bits per heavy atom. The van der Waals surface area contributed by atoms with Crippen molar-refractivity contribution in [2.24, 2.45) is 22.2 Å². The standard InChI is InChI=1S/C15H27NS/c1-9(2)12-13(10(3)4)15(7,8)17-16-14(12)11(5)6/h9-11H,1-8H3. The molecule has 1 aliphatic rings. The lowest BCUT2D eigenvalue weighted by molar-refractivity contribution is 0.620. The van der Waals surface area contributed by atoms with Crippen molar-refractivity contribution >= 4 is 17.7 Å². The molecule has 0 atom stereocenters. The summed E-state index contributed by atoms with van der Waals surface area (Å²) >= 11 is 1.74. The van der Waals surface area contributed by atoms with Crippen LogP contribution in [0, 0.1) is 17.8 Å². The Morgan fingerprint density at radius 2 is 1.41 bits per heavy atom. The van der Waals surface area contributed by atoms with E-state index < -0.39 is 0 Å². The van der Waals surface area contributed by atoms with Crippen molar-refractivity contribution in [3.05, 3.63) is 11.1 Å².